The summed E-state index contributed by atoms with van der Waals surface area (Å²) in [5, 5.41) is 29.1. The second kappa shape index (κ2) is 5.57. The maximum absolute atomic E-state index is 10.7. The van der Waals surface area contributed by atoms with Crippen LogP contribution in [0.5, 0.6) is 5.75 Å². The van der Waals surface area contributed by atoms with E-state index in [0.717, 1.165) is 5.39 Å². The van der Waals surface area contributed by atoms with Crippen LogP contribution in [0.15, 0.2) is 64.8 Å². The van der Waals surface area contributed by atoms with Gasteiger partial charge in [-0.3, -0.25) is 10.1 Å². The highest BCUT2D eigenvalue weighted by Crippen LogP contribution is 2.26. The fraction of sp³-hybridized carbons (Fsp3) is 0. The van der Waals surface area contributed by atoms with Crippen LogP contribution in [0.3, 0.4) is 0 Å². The van der Waals surface area contributed by atoms with Crippen LogP contribution in [-0.2, 0) is 0 Å². The van der Waals surface area contributed by atoms with E-state index in [-0.39, 0.29) is 11.4 Å². The van der Waals surface area contributed by atoms with Crippen molar-refractivity contribution in [3.05, 3.63) is 64.7 Å². The number of phenols is 1. The molecule has 0 radical (unpaired) electrons. The Balaban J connectivity index is 1.94. The molecule has 0 aliphatic heterocycles. The number of para-hydroxylation sites is 1. The Morgan fingerprint density at radius 3 is 2.68 bits per heavy atom. The van der Waals surface area contributed by atoms with E-state index in [1.807, 2.05) is 6.07 Å². The number of azo groups is 1. The number of hydrogen-bond acceptors (Lipinski definition) is 6. The molecule has 0 atom stereocenters. The van der Waals surface area contributed by atoms with Crippen LogP contribution in [0.4, 0.5) is 17.2 Å². The number of nitro groups is 1. The Morgan fingerprint density at radius 1 is 1.05 bits per heavy atom. The van der Waals surface area contributed by atoms with Gasteiger partial charge in [-0.05, 0) is 24.3 Å². The van der Waals surface area contributed by atoms with Crippen LogP contribution in [-0.4, -0.2) is 15.0 Å². The van der Waals surface area contributed by atoms with Gasteiger partial charge in [0.05, 0.1) is 10.6 Å². The molecule has 0 saturated carbocycles. The van der Waals surface area contributed by atoms with Crippen LogP contribution in [0, 0.1) is 10.1 Å². The Hall–Kier alpha value is -3.35. The fourth-order valence-electron chi connectivity index (χ4n) is 1.95. The van der Waals surface area contributed by atoms with E-state index in [2.05, 4.69) is 15.2 Å². The normalized spacial score (nSPS) is 11.1. The number of hydrogen-bond donors (Lipinski definition) is 1. The Morgan fingerprint density at radius 2 is 1.86 bits per heavy atom. The standard InChI is InChI=1S/C15H10N4O3/c20-13-6-1-3-10-7-8-14(16-15(10)13)18-17-11-4-2-5-12(9-11)19(21)22/h1-9,20H. The maximum Gasteiger partial charge on any atom is 0.271 e. The van der Waals surface area contributed by atoms with Gasteiger partial charge in [-0.15, -0.1) is 10.2 Å². The summed E-state index contributed by atoms with van der Waals surface area (Å²) < 4.78 is 0. The second-order valence-electron chi connectivity index (χ2n) is 4.50. The first kappa shape index (κ1) is 13.6. The minimum Gasteiger partial charge on any atom is -0.506 e. The summed E-state index contributed by atoms with van der Waals surface area (Å²) >= 11 is 0. The van der Waals surface area contributed by atoms with Gasteiger partial charge in [0.25, 0.3) is 5.69 Å². The van der Waals surface area contributed by atoms with Gasteiger partial charge in [-0.25, -0.2) is 4.98 Å². The molecule has 1 heterocycles. The highest BCUT2D eigenvalue weighted by Gasteiger charge is 2.05. The summed E-state index contributed by atoms with van der Waals surface area (Å²) in [5.74, 6) is 0.366. The number of benzene rings is 2. The van der Waals surface area contributed by atoms with E-state index in [1.54, 1.807) is 24.3 Å². The van der Waals surface area contributed by atoms with Crippen molar-refractivity contribution in [2.75, 3.05) is 0 Å². The summed E-state index contributed by atoms with van der Waals surface area (Å²) in [6, 6.07) is 14.4. The molecule has 0 fully saturated rings. The van der Waals surface area contributed by atoms with Crippen LogP contribution < -0.4 is 0 Å². The molecule has 0 saturated heterocycles. The molecule has 7 nitrogen and oxygen atoms in total. The SMILES string of the molecule is O=[N+]([O-])c1cccc(N=Nc2ccc3cccc(O)c3n2)c1. The summed E-state index contributed by atoms with van der Waals surface area (Å²) in [6.45, 7) is 0. The number of pyridine rings is 1. The van der Waals surface area contributed by atoms with Gasteiger partial charge in [0.1, 0.15) is 11.3 Å². The highest BCUT2D eigenvalue weighted by molar-refractivity contribution is 5.85. The van der Waals surface area contributed by atoms with E-state index < -0.39 is 4.92 Å². The minimum atomic E-state index is -0.495. The Kier molecular flexibility index (Phi) is 3.45. The zero-order valence-corrected chi connectivity index (χ0v) is 11.2. The number of non-ortho nitro benzene ring substituents is 1. The zero-order valence-electron chi connectivity index (χ0n) is 11.2. The van der Waals surface area contributed by atoms with Crippen LogP contribution in [0.1, 0.15) is 0 Å². The van der Waals surface area contributed by atoms with Crippen molar-refractivity contribution in [3.63, 3.8) is 0 Å². The third kappa shape index (κ3) is 2.73. The summed E-state index contributed by atoms with van der Waals surface area (Å²) in [6.07, 6.45) is 0. The molecule has 1 aromatic heterocycles. The van der Waals surface area contributed by atoms with Crippen molar-refractivity contribution in [2.45, 2.75) is 0 Å². The Labute approximate surface area is 124 Å². The first-order valence-electron chi connectivity index (χ1n) is 6.38. The van der Waals surface area contributed by atoms with Gasteiger partial charge in [-0.2, -0.15) is 0 Å². The minimum absolute atomic E-state index is 0.0550. The molecule has 22 heavy (non-hydrogen) atoms. The zero-order chi connectivity index (χ0) is 15.5. The van der Waals surface area contributed by atoms with Gasteiger partial charge >= 0.3 is 0 Å². The van der Waals surface area contributed by atoms with Crippen molar-refractivity contribution in [3.8, 4) is 5.75 Å². The average molecular weight is 294 g/mol. The number of phenolic OH excluding ortho intramolecular Hbond substituents is 1. The number of fused-ring (bicyclic) bond motifs is 1. The summed E-state index contributed by atoms with van der Waals surface area (Å²) in [7, 11) is 0. The van der Waals surface area contributed by atoms with E-state index >= 15 is 0 Å². The lowest BCUT2D eigenvalue weighted by Crippen LogP contribution is -1.85. The molecule has 0 aliphatic rings. The smallest absolute Gasteiger partial charge is 0.271 e. The molecule has 108 valence electrons. The molecule has 0 bridgehead atoms. The molecule has 3 aromatic rings. The first-order valence-corrected chi connectivity index (χ1v) is 6.38. The molecular weight excluding hydrogens is 284 g/mol. The average Bonchev–Trinajstić information content (AvgIpc) is 2.54. The van der Waals surface area contributed by atoms with Crippen molar-refractivity contribution >= 4 is 28.1 Å². The molecule has 0 spiro atoms. The van der Waals surface area contributed by atoms with Gasteiger partial charge < -0.3 is 5.11 Å². The Bertz CT molecular complexity index is 893. The summed E-state index contributed by atoms with van der Waals surface area (Å²) in [5.41, 5.74) is 0.729. The molecular formula is C15H10N4O3. The van der Waals surface area contributed by atoms with Crippen LogP contribution >= 0.6 is 0 Å². The van der Waals surface area contributed by atoms with E-state index in [0.29, 0.717) is 17.0 Å². The number of aromatic hydroxyl groups is 1. The molecule has 0 amide bonds. The van der Waals surface area contributed by atoms with Crippen LogP contribution in [0.2, 0.25) is 0 Å². The molecule has 7 heteroatoms. The lowest BCUT2D eigenvalue weighted by Gasteiger charge is -2.00. The summed E-state index contributed by atoms with van der Waals surface area (Å²) in [4.78, 5) is 14.4. The van der Waals surface area contributed by atoms with Crippen LogP contribution in [0.25, 0.3) is 10.9 Å². The molecule has 0 unspecified atom stereocenters. The molecule has 3 rings (SSSR count). The molecule has 1 N–H and O–H groups in total. The monoisotopic (exact) mass is 294 g/mol. The number of nitro benzene ring substituents is 1. The number of aromatic nitrogens is 1. The third-order valence-electron chi connectivity index (χ3n) is 2.99. The van der Waals surface area contributed by atoms with Gasteiger partial charge in [0.2, 0.25) is 0 Å². The van der Waals surface area contributed by atoms with Gasteiger partial charge in [-0.1, -0.05) is 18.2 Å². The molecule has 0 aliphatic carbocycles. The molecule has 2 aromatic carbocycles. The highest BCUT2D eigenvalue weighted by atomic mass is 16.6. The fourth-order valence-corrected chi connectivity index (χ4v) is 1.95. The predicted molar refractivity (Wildman–Crippen MR) is 80.7 cm³/mol. The largest absolute Gasteiger partial charge is 0.506 e. The predicted octanol–water partition coefficient (Wildman–Crippen LogP) is 4.26. The number of rotatable bonds is 3. The number of nitrogens with zero attached hydrogens (tertiary/aromatic N) is 4. The topological polar surface area (TPSA) is 101 Å². The van der Waals surface area contributed by atoms with Crippen molar-refractivity contribution in [1.29, 1.82) is 0 Å². The lowest BCUT2D eigenvalue weighted by atomic mass is 10.2. The maximum atomic E-state index is 10.7. The third-order valence-corrected chi connectivity index (χ3v) is 2.99. The quantitative estimate of drug-likeness (QED) is 0.443. The van der Waals surface area contributed by atoms with E-state index in [1.165, 1.54) is 24.3 Å². The van der Waals surface area contributed by atoms with Crippen molar-refractivity contribution < 1.29 is 10.0 Å². The van der Waals surface area contributed by atoms with E-state index in [4.69, 9.17) is 0 Å². The van der Waals surface area contributed by atoms with Gasteiger partial charge in [0.15, 0.2) is 5.82 Å². The van der Waals surface area contributed by atoms with Crippen molar-refractivity contribution in [1.82, 2.24) is 4.98 Å². The lowest BCUT2D eigenvalue weighted by molar-refractivity contribution is -0.384. The second-order valence-corrected chi connectivity index (χ2v) is 4.50. The van der Waals surface area contributed by atoms with Crippen molar-refractivity contribution in [2.24, 2.45) is 10.2 Å². The van der Waals surface area contributed by atoms with Gasteiger partial charge in [0, 0.05) is 17.5 Å². The van der Waals surface area contributed by atoms with E-state index in [9.17, 15) is 15.2 Å². The first-order chi connectivity index (χ1) is 10.6.